The molecule has 0 saturated carbocycles. The monoisotopic (exact) mass is 491 g/mol. The lowest BCUT2D eigenvalue weighted by Crippen LogP contribution is -2.70. The summed E-state index contributed by atoms with van der Waals surface area (Å²) >= 11 is 1.38. The Morgan fingerprint density at radius 3 is 2.20 bits per heavy atom. The first-order valence-electron chi connectivity index (χ1n) is 11.3. The van der Waals surface area contributed by atoms with Crippen LogP contribution in [0.25, 0.3) is 0 Å². The zero-order chi connectivity index (χ0) is 24.9. The molecule has 2 aliphatic heterocycles. The molecule has 2 amide bonds. The quantitative estimate of drug-likeness (QED) is 0.508. The normalized spacial score (nSPS) is 22.6. The molecule has 9 heteroatoms. The van der Waals surface area contributed by atoms with Gasteiger partial charge in [0.15, 0.2) is 0 Å². The Hall–Kier alpha value is -3.59. The maximum atomic E-state index is 13.5. The molecule has 0 spiro atoms. The zero-order valence-corrected chi connectivity index (χ0v) is 20.3. The van der Waals surface area contributed by atoms with Gasteiger partial charge in [0.25, 0.3) is 5.91 Å². The number of aromatic nitrogens is 1. The Kier molecular flexibility index (Phi) is 5.67. The van der Waals surface area contributed by atoms with Crippen LogP contribution < -0.4 is 5.32 Å². The van der Waals surface area contributed by atoms with Crippen molar-refractivity contribution in [1.82, 2.24) is 15.4 Å². The number of β-lactam (4-membered cyclic amide) rings is 1. The van der Waals surface area contributed by atoms with Gasteiger partial charge < -0.3 is 19.8 Å². The average Bonchev–Trinajstić information content (AvgIpc) is 3.33. The fourth-order valence-electron chi connectivity index (χ4n) is 5.02. The van der Waals surface area contributed by atoms with Crippen molar-refractivity contribution in [2.45, 2.75) is 48.9 Å². The molecule has 2 aliphatic rings. The summed E-state index contributed by atoms with van der Waals surface area (Å²) in [4.78, 5) is 39.6. The standard InChI is InChI=1S/C26H25N3O5S/c1-14-17(22(30)27-20-23(31)29-21(25(32)33)26(2,3)35-24(20)29)19(28-34-14)18(15-10-6-4-7-11-15)16-12-8-5-9-13-16/h4-13,18,20-21,24H,1-3H3,(H,27,30)(H,32,33)/t20?,21-,24+/m0/s1. The number of thioether (sulfide) groups is 1. The first-order chi connectivity index (χ1) is 16.7. The van der Waals surface area contributed by atoms with Gasteiger partial charge in [-0.15, -0.1) is 11.8 Å². The minimum atomic E-state index is -1.05. The molecule has 2 aromatic carbocycles. The molecule has 2 saturated heterocycles. The number of carboxylic acids is 1. The molecular weight excluding hydrogens is 466 g/mol. The number of carbonyl (C=O) groups excluding carboxylic acids is 2. The number of aliphatic carboxylic acids is 1. The van der Waals surface area contributed by atoms with Crippen molar-refractivity contribution in [1.29, 1.82) is 0 Å². The summed E-state index contributed by atoms with van der Waals surface area (Å²) in [6.07, 6.45) is 0. The van der Waals surface area contributed by atoms with Crippen LogP contribution in [-0.2, 0) is 9.59 Å². The summed E-state index contributed by atoms with van der Waals surface area (Å²) in [6.45, 7) is 5.27. The van der Waals surface area contributed by atoms with Crippen molar-refractivity contribution in [2.75, 3.05) is 0 Å². The van der Waals surface area contributed by atoms with E-state index in [2.05, 4.69) is 10.5 Å². The van der Waals surface area contributed by atoms with Gasteiger partial charge in [0, 0.05) is 4.75 Å². The van der Waals surface area contributed by atoms with E-state index in [9.17, 15) is 19.5 Å². The molecule has 3 aromatic rings. The van der Waals surface area contributed by atoms with Gasteiger partial charge in [-0.1, -0.05) is 65.8 Å². The number of amides is 2. The highest BCUT2D eigenvalue weighted by molar-refractivity contribution is 8.01. The number of nitrogens with one attached hydrogen (secondary N) is 1. The van der Waals surface area contributed by atoms with Crippen molar-refractivity contribution in [2.24, 2.45) is 0 Å². The molecule has 0 bridgehead atoms. The molecule has 1 aromatic heterocycles. The Labute approximate surface area is 206 Å². The summed E-state index contributed by atoms with van der Waals surface area (Å²) in [6, 6.07) is 17.7. The smallest absolute Gasteiger partial charge is 0.327 e. The minimum Gasteiger partial charge on any atom is -0.480 e. The number of aryl methyl sites for hydroxylation is 1. The first-order valence-corrected chi connectivity index (χ1v) is 12.2. The van der Waals surface area contributed by atoms with Crippen molar-refractivity contribution in [3.63, 3.8) is 0 Å². The van der Waals surface area contributed by atoms with E-state index in [-0.39, 0.29) is 11.5 Å². The van der Waals surface area contributed by atoms with Gasteiger partial charge in [-0.2, -0.15) is 0 Å². The SMILES string of the molecule is Cc1onc(C(c2ccccc2)c2ccccc2)c1C(=O)NC1C(=O)N2[C@@H]1SC(C)(C)[C@@H]2C(=O)O. The van der Waals surface area contributed by atoms with Gasteiger partial charge in [-0.05, 0) is 31.9 Å². The van der Waals surface area contributed by atoms with E-state index in [0.717, 1.165) is 11.1 Å². The third kappa shape index (κ3) is 3.80. The van der Waals surface area contributed by atoms with E-state index in [1.54, 1.807) is 20.8 Å². The summed E-state index contributed by atoms with van der Waals surface area (Å²) < 4.78 is 4.81. The van der Waals surface area contributed by atoms with E-state index in [4.69, 9.17) is 4.52 Å². The lowest BCUT2D eigenvalue weighted by molar-refractivity contribution is -0.159. The van der Waals surface area contributed by atoms with Gasteiger partial charge in [0.1, 0.15) is 34.5 Å². The number of nitrogens with zero attached hydrogens (tertiary/aromatic N) is 2. The van der Waals surface area contributed by atoms with E-state index in [1.165, 1.54) is 16.7 Å². The second-order valence-corrected chi connectivity index (χ2v) is 11.1. The maximum Gasteiger partial charge on any atom is 0.327 e. The molecule has 5 rings (SSSR count). The van der Waals surface area contributed by atoms with Gasteiger partial charge in [-0.3, -0.25) is 9.59 Å². The fraction of sp³-hybridized carbons (Fsp3) is 0.308. The van der Waals surface area contributed by atoms with Crippen LogP contribution in [0.2, 0.25) is 0 Å². The minimum absolute atomic E-state index is 0.283. The highest BCUT2D eigenvalue weighted by Crippen LogP contribution is 2.50. The van der Waals surface area contributed by atoms with E-state index in [0.29, 0.717) is 11.5 Å². The number of carboxylic acid groups (broad SMARTS) is 1. The Bertz CT molecular complexity index is 1250. The van der Waals surface area contributed by atoms with Crippen molar-refractivity contribution >= 4 is 29.5 Å². The van der Waals surface area contributed by atoms with Crippen LogP contribution >= 0.6 is 11.8 Å². The second kappa shape index (κ2) is 8.57. The van der Waals surface area contributed by atoms with Gasteiger partial charge in [0.05, 0.1) is 5.92 Å². The third-order valence-corrected chi connectivity index (χ3v) is 8.19. The van der Waals surface area contributed by atoms with Crippen LogP contribution in [0.3, 0.4) is 0 Å². The summed E-state index contributed by atoms with van der Waals surface area (Å²) in [5, 5.41) is 16.3. The summed E-state index contributed by atoms with van der Waals surface area (Å²) in [7, 11) is 0. The van der Waals surface area contributed by atoms with Crippen LogP contribution in [0, 0.1) is 6.92 Å². The van der Waals surface area contributed by atoms with Crippen LogP contribution in [0.5, 0.6) is 0 Å². The number of benzene rings is 2. The number of hydrogen-bond donors (Lipinski definition) is 2. The van der Waals surface area contributed by atoms with E-state index >= 15 is 0 Å². The average molecular weight is 492 g/mol. The number of rotatable bonds is 6. The van der Waals surface area contributed by atoms with Crippen molar-refractivity contribution < 1.29 is 24.0 Å². The molecule has 1 unspecified atom stereocenters. The van der Waals surface area contributed by atoms with Crippen LogP contribution in [-0.4, -0.2) is 55.2 Å². The van der Waals surface area contributed by atoms with E-state index < -0.39 is 40.0 Å². The van der Waals surface area contributed by atoms with Gasteiger partial charge in [-0.25, -0.2) is 4.79 Å². The molecule has 2 fully saturated rings. The largest absolute Gasteiger partial charge is 0.480 e. The molecule has 35 heavy (non-hydrogen) atoms. The number of carbonyl (C=O) groups is 3. The van der Waals surface area contributed by atoms with Crippen molar-refractivity contribution in [3.8, 4) is 0 Å². The van der Waals surface area contributed by atoms with Crippen LogP contribution in [0.1, 0.15) is 52.7 Å². The number of hydrogen-bond acceptors (Lipinski definition) is 6. The summed E-state index contributed by atoms with van der Waals surface area (Å²) in [5.74, 6) is -1.91. The lowest BCUT2D eigenvalue weighted by atomic mass is 9.86. The molecule has 3 atom stereocenters. The first kappa shape index (κ1) is 23.2. The Morgan fingerprint density at radius 2 is 1.66 bits per heavy atom. The zero-order valence-electron chi connectivity index (χ0n) is 19.5. The predicted octanol–water partition coefficient (Wildman–Crippen LogP) is 3.41. The molecule has 2 N–H and O–H groups in total. The van der Waals surface area contributed by atoms with E-state index in [1.807, 2.05) is 60.7 Å². The topological polar surface area (TPSA) is 113 Å². The second-order valence-electron chi connectivity index (χ2n) is 9.30. The molecule has 8 nitrogen and oxygen atoms in total. The van der Waals surface area contributed by atoms with Gasteiger partial charge in [0.2, 0.25) is 5.91 Å². The number of fused-ring (bicyclic) bond motifs is 1. The lowest BCUT2D eigenvalue weighted by Gasteiger charge is -2.43. The highest BCUT2D eigenvalue weighted by atomic mass is 32.2. The third-order valence-electron chi connectivity index (χ3n) is 6.62. The maximum absolute atomic E-state index is 13.5. The highest BCUT2D eigenvalue weighted by Gasteiger charge is 2.64. The predicted molar refractivity (Wildman–Crippen MR) is 130 cm³/mol. The van der Waals surface area contributed by atoms with Crippen LogP contribution in [0.4, 0.5) is 0 Å². The fourth-order valence-corrected chi connectivity index (χ4v) is 6.65. The summed E-state index contributed by atoms with van der Waals surface area (Å²) in [5.41, 5.74) is 2.64. The Balaban J connectivity index is 1.47. The molecule has 3 heterocycles. The van der Waals surface area contributed by atoms with Gasteiger partial charge >= 0.3 is 5.97 Å². The molecule has 0 aliphatic carbocycles. The van der Waals surface area contributed by atoms with Crippen molar-refractivity contribution in [3.05, 3.63) is 88.8 Å². The van der Waals surface area contributed by atoms with Crippen LogP contribution in [0.15, 0.2) is 65.2 Å². The Morgan fingerprint density at radius 1 is 1.09 bits per heavy atom. The molecule has 0 radical (unpaired) electrons. The molecular formula is C26H25N3O5S. The molecule has 180 valence electrons.